The van der Waals surface area contributed by atoms with E-state index in [4.69, 9.17) is 14.6 Å². The SMILES string of the molecule is C=CCOCC1O[C@@H](O)C(O)C(O)[C@H]1O. The van der Waals surface area contributed by atoms with Gasteiger partial charge in [0.1, 0.15) is 24.4 Å². The van der Waals surface area contributed by atoms with Gasteiger partial charge < -0.3 is 29.9 Å². The van der Waals surface area contributed by atoms with Gasteiger partial charge in [-0.1, -0.05) is 6.08 Å². The Kier molecular flexibility index (Phi) is 4.65. The van der Waals surface area contributed by atoms with Crippen LogP contribution in [-0.4, -0.2) is 64.3 Å². The highest BCUT2D eigenvalue weighted by Crippen LogP contribution is 2.19. The largest absolute Gasteiger partial charge is 0.387 e. The molecule has 15 heavy (non-hydrogen) atoms. The van der Waals surface area contributed by atoms with Crippen molar-refractivity contribution in [3.05, 3.63) is 12.7 Å². The monoisotopic (exact) mass is 220 g/mol. The Morgan fingerprint density at radius 3 is 2.40 bits per heavy atom. The van der Waals surface area contributed by atoms with Gasteiger partial charge in [0.25, 0.3) is 0 Å². The molecule has 5 atom stereocenters. The van der Waals surface area contributed by atoms with Crippen LogP contribution in [0.1, 0.15) is 0 Å². The first-order valence-electron chi connectivity index (χ1n) is 4.64. The number of ether oxygens (including phenoxy) is 2. The van der Waals surface area contributed by atoms with Crippen LogP contribution in [0, 0.1) is 0 Å². The quantitative estimate of drug-likeness (QED) is 0.323. The van der Waals surface area contributed by atoms with Gasteiger partial charge in [0, 0.05) is 0 Å². The molecule has 1 aliphatic heterocycles. The smallest absolute Gasteiger partial charge is 0.184 e. The fraction of sp³-hybridized carbons (Fsp3) is 0.778. The molecule has 3 unspecified atom stereocenters. The summed E-state index contributed by atoms with van der Waals surface area (Å²) in [4.78, 5) is 0. The molecule has 0 radical (unpaired) electrons. The molecule has 0 spiro atoms. The molecule has 0 bridgehead atoms. The third kappa shape index (κ3) is 2.97. The van der Waals surface area contributed by atoms with Crippen molar-refractivity contribution in [2.24, 2.45) is 0 Å². The van der Waals surface area contributed by atoms with Gasteiger partial charge in [-0.05, 0) is 0 Å². The van der Waals surface area contributed by atoms with Crippen molar-refractivity contribution in [2.75, 3.05) is 13.2 Å². The summed E-state index contributed by atoms with van der Waals surface area (Å²) in [6, 6.07) is 0. The Labute approximate surface area is 87.4 Å². The second-order valence-electron chi connectivity index (χ2n) is 3.36. The van der Waals surface area contributed by atoms with Crippen molar-refractivity contribution in [3.63, 3.8) is 0 Å². The van der Waals surface area contributed by atoms with E-state index in [0.29, 0.717) is 0 Å². The first-order valence-corrected chi connectivity index (χ1v) is 4.64. The minimum Gasteiger partial charge on any atom is -0.387 e. The van der Waals surface area contributed by atoms with Crippen LogP contribution < -0.4 is 0 Å². The summed E-state index contributed by atoms with van der Waals surface area (Å²) in [5, 5.41) is 37.1. The molecule has 0 aromatic heterocycles. The lowest BCUT2D eigenvalue weighted by Crippen LogP contribution is -2.58. The summed E-state index contributed by atoms with van der Waals surface area (Å²) in [5.74, 6) is 0. The van der Waals surface area contributed by atoms with Gasteiger partial charge in [-0.25, -0.2) is 0 Å². The number of aliphatic hydroxyl groups is 4. The van der Waals surface area contributed by atoms with Crippen LogP contribution in [0.5, 0.6) is 0 Å². The molecule has 6 nitrogen and oxygen atoms in total. The number of aliphatic hydroxyl groups excluding tert-OH is 4. The summed E-state index contributed by atoms with van der Waals surface area (Å²) in [6.45, 7) is 3.72. The summed E-state index contributed by atoms with van der Waals surface area (Å²) in [5.41, 5.74) is 0. The number of hydrogen-bond acceptors (Lipinski definition) is 6. The zero-order valence-corrected chi connectivity index (χ0v) is 8.19. The molecule has 0 aromatic rings. The molecule has 0 aromatic carbocycles. The van der Waals surface area contributed by atoms with Crippen LogP contribution in [0.3, 0.4) is 0 Å². The number of rotatable bonds is 4. The van der Waals surface area contributed by atoms with Gasteiger partial charge in [-0.15, -0.1) is 6.58 Å². The zero-order valence-electron chi connectivity index (χ0n) is 8.19. The second-order valence-corrected chi connectivity index (χ2v) is 3.36. The van der Waals surface area contributed by atoms with E-state index >= 15 is 0 Å². The molecule has 0 amide bonds. The lowest BCUT2D eigenvalue weighted by atomic mass is 9.99. The van der Waals surface area contributed by atoms with E-state index in [0.717, 1.165) is 0 Å². The summed E-state index contributed by atoms with van der Waals surface area (Å²) < 4.78 is 9.88. The van der Waals surface area contributed by atoms with Gasteiger partial charge in [0.15, 0.2) is 6.29 Å². The highest BCUT2D eigenvalue weighted by Gasteiger charge is 2.42. The fourth-order valence-corrected chi connectivity index (χ4v) is 1.34. The molecule has 4 N–H and O–H groups in total. The van der Waals surface area contributed by atoms with Crippen molar-refractivity contribution in [1.29, 1.82) is 0 Å². The zero-order chi connectivity index (χ0) is 11.4. The van der Waals surface area contributed by atoms with Crippen molar-refractivity contribution in [3.8, 4) is 0 Å². The molecular weight excluding hydrogens is 204 g/mol. The van der Waals surface area contributed by atoms with Gasteiger partial charge >= 0.3 is 0 Å². The molecule has 6 heteroatoms. The Balaban J connectivity index is 2.47. The lowest BCUT2D eigenvalue weighted by molar-refractivity contribution is -0.288. The molecule has 0 aliphatic carbocycles. The third-order valence-corrected chi connectivity index (χ3v) is 2.20. The van der Waals surface area contributed by atoms with Gasteiger partial charge in [0.2, 0.25) is 0 Å². The first kappa shape index (κ1) is 12.6. The van der Waals surface area contributed by atoms with Crippen LogP contribution in [0.15, 0.2) is 12.7 Å². The maximum atomic E-state index is 9.47. The number of hydrogen-bond donors (Lipinski definition) is 4. The highest BCUT2D eigenvalue weighted by atomic mass is 16.6. The second kappa shape index (κ2) is 5.55. The van der Waals surface area contributed by atoms with Gasteiger partial charge in [-0.3, -0.25) is 0 Å². The minimum absolute atomic E-state index is 0.00796. The third-order valence-electron chi connectivity index (χ3n) is 2.20. The van der Waals surface area contributed by atoms with Gasteiger partial charge in [-0.2, -0.15) is 0 Å². The van der Waals surface area contributed by atoms with E-state index < -0.39 is 30.7 Å². The normalized spacial score (nSPS) is 41.5. The average Bonchev–Trinajstić information content (AvgIpc) is 2.23. The van der Waals surface area contributed by atoms with Crippen LogP contribution >= 0.6 is 0 Å². The lowest BCUT2D eigenvalue weighted by Gasteiger charge is -2.38. The first-order chi connectivity index (χ1) is 7.07. The Morgan fingerprint density at radius 2 is 1.80 bits per heavy atom. The van der Waals surface area contributed by atoms with Crippen LogP contribution in [0.4, 0.5) is 0 Å². The van der Waals surface area contributed by atoms with Crippen molar-refractivity contribution < 1.29 is 29.9 Å². The molecular formula is C9H16O6. The predicted molar refractivity (Wildman–Crippen MR) is 49.9 cm³/mol. The maximum Gasteiger partial charge on any atom is 0.184 e. The highest BCUT2D eigenvalue weighted by molar-refractivity contribution is 4.88. The molecule has 1 rings (SSSR count). The fourth-order valence-electron chi connectivity index (χ4n) is 1.34. The van der Waals surface area contributed by atoms with E-state index in [1.807, 2.05) is 0 Å². The predicted octanol–water partition coefficient (Wildman–Crippen LogP) is -2.01. The average molecular weight is 220 g/mol. The van der Waals surface area contributed by atoms with Gasteiger partial charge in [0.05, 0.1) is 13.2 Å². The Morgan fingerprint density at radius 1 is 1.13 bits per heavy atom. The standard InChI is InChI=1S/C9H16O6/c1-2-3-14-4-5-6(10)7(11)8(12)9(13)15-5/h2,5-13H,1,3-4H2/t5?,6-,7?,8?,9+/m0/s1. The van der Waals surface area contributed by atoms with E-state index in [2.05, 4.69) is 6.58 Å². The summed E-state index contributed by atoms with van der Waals surface area (Å²) >= 11 is 0. The minimum atomic E-state index is -1.51. The van der Waals surface area contributed by atoms with E-state index in [-0.39, 0.29) is 13.2 Å². The summed E-state index contributed by atoms with van der Waals surface area (Å²) in [7, 11) is 0. The van der Waals surface area contributed by atoms with Crippen molar-refractivity contribution in [1.82, 2.24) is 0 Å². The van der Waals surface area contributed by atoms with E-state index in [1.165, 1.54) is 6.08 Å². The molecule has 1 heterocycles. The van der Waals surface area contributed by atoms with Crippen LogP contribution in [0.25, 0.3) is 0 Å². The summed E-state index contributed by atoms with van der Waals surface area (Å²) in [6.07, 6.45) is -5.08. The van der Waals surface area contributed by atoms with Crippen LogP contribution in [0.2, 0.25) is 0 Å². The van der Waals surface area contributed by atoms with Crippen LogP contribution in [-0.2, 0) is 9.47 Å². The Bertz CT molecular complexity index is 209. The van der Waals surface area contributed by atoms with E-state index in [1.54, 1.807) is 0 Å². The Hall–Kier alpha value is -0.500. The van der Waals surface area contributed by atoms with Crippen molar-refractivity contribution in [2.45, 2.75) is 30.7 Å². The molecule has 1 aliphatic rings. The maximum absolute atomic E-state index is 9.47. The molecule has 88 valence electrons. The molecule has 1 fully saturated rings. The van der Waals surface area contributed by atoms with Crippen molar-refractivity contribution >= 4 is 0 Å². The topological polar surface area (TPSA) is 99.4 Å². The molecule has 1 saturated heterocycles. The molecule has 0 saturated carbocycles. The van der Waals surface area contributed by atoms with E-state index in [9.17, 15) is 15.3 Å².